The van der Waals surface area contributed by atoms with Crippen LogP contribution in [0.2, 0.25) is 0 Å². The van der Waals surface area contributed by atoms with E-state index in [-0.39, 0.29) is 21.3 Å². The number of aryl methyl sites for hydroxylation is 3. The predicted molar refractivity (Wildman–Crippen MR) is 137 cm³/mol. The van der Waals surface area contributed by atoms with Crippen LogP contribution in [-0.4, -0.2) is 42.0 Å². The topological polar surface area (TPSA) is 106 Å². The van der Waals surface area contributed by atoms with Gasteiger partial charge in [-0.25, -0.2) is 9.78 Å². The summed E-state index contributed by atoms with van der Waals surface area (Å²) in [5.74, 6) is -1.94. The molecule has 1 saturated heterocycles. The second kappa shape index (κ2) is 9.94. The van der Waals surface area contributed by atoms with E-state index in [0.29, 0.717) is 28.1 Å². The zero-order valence-electron chi connectivity index (χ0n) is 20.6. The standard InChI is InChI=1S/C27H26N2O6S/c1-6-16-7-9-17(10-8-16)21-20(22(30)19-12-11-18(34-4)13-14(19)2)23(31)25(32)29(21)27-28-15(3)24(36-27)26(33)35-5/h7-13,21,30H,6H2,1-5H3. The number of benzene rings is 2. The normalized spacial score (nSPS) is 16.9. The number of carbonyl (C=O) groups is 3. The Morgan fingerprint density at radius 1 is 1.11 bits per heavy atom. The van der Waals surface area contributed by atoms with Gasteiger partial charge in [-0.3, -0.25) is 14.5 Å². The summed E-state index contributed by atoms with van der Waals surface area (Å²) in [5.41, 5.74) is 3.14. The van der Waals surface area contributed by atoms with Crippen molar-refractivity contribution in [2.75, 3.05) is 19.1 Å². The number of thiazole rings is 1. The number of amides is 1. The van der Waals surface area contributed by atoms with Crippen molar-refractivity contribution in [2.45, 2.75) is 33.2 Å². The third-order valence-corrected chi connectivity index (χ3v) is 7.34. The van der Waals surface area contributed by atoms with E-state index in [1.54, 1.807) is 39.2 Å². The molecule has 3 aromatic rings. The fourth-order valence-corrected chi connectivity index (χ4v) is 5.23. The summed E-state index contributed by atoms with van der Waals surface area (Å²) >= 11 is 0.965. The number of methoxy groups -OCH3 is 2. The minimum atomic E-state index is -0.937. The van der Waals surface area contributed by atoms with Crippen molar-refractivity contribution in [3.63, 3.8) is 0 Å². The Morgan fingerprint density at radius 3 is 2.39 bits per heavy atom. The van der Waals surface area contributed by atoms with E-state index in [4.69, 9.17) is 9.47 Å². The van der Waals surface area contributed by atoms with Crippen LogP contribution in [0.5, 0.6) is 5.75 Å². The van der Waals surface area contributed by atoms with Gasteiger partial charge in [0.25, 0.3) is 5.78 Å². The molecular formula is C27H26N2O6S. The van der Waals surface area contributed by atoms with Crippen LogP contribution in [0, 0.1) is 13.8 Å². The molecule has 1 unspecified atom stereocenters. The Hall–Kier alpha value is -3.98. The highest BCUT2D eigenvalue weighted by atomic mass is 32.1. The maximum atomic E-state index is 13.4. The van der Waals surface area contributed by atoms with Crippen LogP contribution in [0.25, 0.3) is 5.76 Å². The number of rotatable bonds is 6. The molecule has 1 N–H and O–H groups in total. The van der Waals surface area contributed by atoms with Crippen molar-refractivity contribution in [3.05, 3.63) is 80.9 Å². The SMILES string of the molecule is CCc1ccc(C2C(=C(O)c3ccc(OC)cc3C)C(=O)C(=O)N2c2nc(C)c(C(=O)OC)s2)cc1. The molecule has 0 radical (unpaired) electrons. The monoisotopic (exact) mass is 506 g/mol. The van der Waals surface area contributed by atoms with Crippen LogP contribution in [0.15, 0.2) is 48.0 Å². The van der Waals surface area contributed by atoms with E-state index in [1.165, 1.54) is 12.0 Å². The molecule has 1 aliphatic heterocycles. The number of esters is 1. The lowest BCUT2D eigenvalue weighted by Crippen LogP contribution is -2.29. The predicted octanol–water partition coefficient (Wildman–Crippen LogP) is 4.74. The first kappa shape index (κ1) is 25.1. The highest BCUT2D eigenvalue weighted by Gasteiger charge is 2.48. The van der Waals surface area contributed by atoms with E-state index < -0.39 is 23.7 Å². The van der Waals surface area contributed by atoms with Crippen molar-refractivity contribution in [2.24, 2.45) is 0 Å². The molecule has 4 rings (SSSR count). The van der Waals surface area contributed by atoms with Crippen LogP contribution < -0.4 is 9.64 Å². The molecule has 1 atom stereocenters. The van der Waals surface area contributed by atoms with Gasteiger partial charge in [0.1, 0.15) is 16.4 Å². The molecule has 8 nitrogen and oxygen atoms in total. The second-order valence-corrected chi connectivity index (χ2v) is 9.33. The highest BCUT2D eigenvalue weighted by Crippen LogP contribution is 2.44. The largest absolute Gasteiger partial charge is 0.507 e. The Morgan fingerprint density at radius 2 is 1.81 bits per heavy atom. The molecule has 36 heavy (non-hydrogen) atoms. The number of ether oxygens (including phenoxy) is 2. The van der Waals surface area contributed by atoms with Crippen molar-refractivity contribution in [3.8, 4) is 5.75 Å². The number of aliphatic hydroxyl groups is 1. The number of Topliss-reactive ketones (excluding diaryl/α,β-unsaturated/α-hetero) is 1. The molecule has 1 aliphatic rings. The molecule has 1 fully saturated rings. The maximum Gasteiger partial charge on any atom is 0.350 e. The molecule has 2 aromatic carbocycles. The van der Waals surface area contributed by atoms with Gasteiger partial charge < -0.3 is 14.6 Å². The van der Waals surface area contributed by atoms with Crippen LogP contribution in [0.4, 0.5) is 5.13 Å². The second-order valence-electron chi connectivity index (χ2n) is 8.35. The van der Waals surface area contributed by atoms with Gasteiger partial charge in [-0.05, 0) is 55.2 Å². The summed E-state index contributed by atoms with van der Waals surface area (Å²) in [4.78, 5) is 44.8. The van der Waals surface area contributed by atoms with E-state index in [9.17, 15) is 19.5 Å². The minimum Gasteiger partial charge on any atom is -0.507 e. The zero-order valence-corrected chi connectivity index (χ0v) is 21.4. The number of ketones is 1. The Bertz CT molecular complexity index is 1390. The average molecular weight is 507 g/mol. The Balaban J connectivity index is 1.94. The molecule has 1 aromatic heterocycles. The van der Waals surface area contributed by atoms with Gasteiger partial charge in [-0.2, -0.15) is 0 Å². The van der Waals surface area contributed by atoms with Gasteiger partial charge >= 0.3 is 11.9 Å². The molecular weight excluding hydrogens is 480 g/mol. The Kier molecular flexibility index (Phi) is 6.94. The van der Waals surface area contributed by atoms with Crippen molar-refractivity contribution >= 4 is 39.9 Å². The number of nitrogens with zero attached hydrogens (tertiary/aromatic N) is 2. The summed E-state index contributed by atoms with van der Waals surface area (Å²) in [7, 11) is 2.80. The smallest absolute Gasteiger partial charge is 0.350 e. The van der Waals surface area contributed by atoms with Gasteiger partial charge in [-0.1, -0.05) is 42.5 Å². The maximum absolute atomic E-state index is 13.4. The average Bonchev–Trinajstić information content (AvgIpc) is 3.39. The first-order chi connectivity index (χ1) is 17.2. The van der Waals surface area contributed by atoms with Gasteiger partial charge in [0.2, 0.25) is 0 Å². The van der Waals surface area contributed by atoms with E-state index in [2.05, 4.69) is 4.98 Å². The quantitative estimate of drug-likeness (QED) is 0.223. The van der Waals surface area contributed by atoms with Gasteiger partial charge in [0.05, 0.1) is 31.5 Å². The molecule has 0 aliphatic carbocycles. The molecule has 1 amide bonds. The zero-order chi connectivity index (χ0) is 26.1. The van der Waals surface area contributed by atoms with Crippen molar-refractivity contribution in [1.82, 2.24) is 4.98 Å². The van der Waals surface area contributed by atoms with Gasteiger partial charge in [0.15, 0.2) is 5.13 Å². The van der Waals surface area contributed by atoms with E-state index >= 15 is 0 Å². The number of hydrogen-bond acceptors (Lipinski definition) is 8. The lowest BCUT2D eigenvalue weighted by atomic mass is 9.93. The molecule has 0 bridgehead atoms. The molecule has 0 saturated carbocycles. The third kappa shape index (κ3) is 4.26. The Labute approximate surface area is 212 Å². The third-order valence-electron chi connectivity index (χ3n) is 6.20. The summed E-state index contributed by atoms with van der Waals surface area (Å²) in [5, 5.41) is 11.6. The lowest BCUT2D eigenvalue weighted by Gasteiger charge is -2.23. The van der Waals surface area contributed by atoms with Crippen molar-refractivity contribution < 1.29 is 29.0 Å². The fraction of sp³-hybridized carbons (Fsp3) is 0.259. The fourth-order valence-electron chi connectivity index (χ4n) is 4.22. The number of aliphatic hydroxyl groups excluding tert-OH is 1. The van der Waals surface area contributed by atoms with Gasteiger partial charge in [0, 0.05) is 5.56 Å². The molecule has 9 heteroatoms. The van der Waals surface area contributed by atoms with Crippen LogP contribution in [0.1, 0.15) is 50.6 Å². The van der Waals surface area contributed by atoms with E-state index in [0.717, 1.165) is 23.3 Å². The molecule has 2 heterocycles. The van der Waals surface area contributed by atoms with Crippen LogP contribution in [0.3, 0.4) is 0 Å². The molecule has 186 valence electrons. The first-order valence-electron chi connectivity index (χ1n) is 11.3. The lowest BCUT2D eigenvalue weighted by molar-refractivity contribution is -0.132. The number of carbonyl (C=O) groups excluding carboxylic acids is 3. The van der Waals surface area contributed by atoms with Crippen molar-refractivity contribution in [1.29, 1.82) is 0 Å². The number of anilines is 1. The molecule has 0 spiro atoms. The van der Waals surface area contributed by atoms with E-state index in [1.807, 2.05) is 31.2 Å². The van der Waals surface area contributed by atoms with Crippen LogP contribution in [-0.2, 0) is 20.7 Å². The first-order valence-corrected chi connectivity index (χ1v) is 12.1. The van der Waals surface area contributed by atoms with Gasteiger partial charge in [-0.15, -0.1) is 0 Å². The summed E-state index contributed by atoms with van der Waals surface area (Å²) in [6, 6.07) is 11.6. The summed E-state index contributed by atoms with van der Waals surface area (Å²) < 4.78 is 10.1. The van der Waals surface area contributed by atoms with Crippen LogP contribution >= 0.6 is 11.3 Å². The summed E-state index contributed by atoms with van der Waals surface area (Å²) in [6.07, 6.45) is 0.819. The summed E-state index contributed by atoms with van der Waals surface area (Å²) in [6.45, 7) is 5.44. The minimum absolute atomic E-state index is 0.0509. The number of hydrogen-bond donors (Lipinski definition) is 1. The highest BCUT2D eigenvalue weighted by molar-refractivity contribution is 7.17. The number of aromatic nitrogens is 1.